The summed E-state index contributed by atoms with van der Waals surface area (Å²) in [6.45, 7) is 8.09. The molecule has 3 N–H and O–H groups in total. The van der Waals surface area contributed by atoms with E-state index in [2.05, 4.69) is 37.0 Å². The van der Waals surface area contributed by atoms with Crippen molar-refractivity contribution in [3.8, 4) is 17.6 Å². The molecule has 0 aliphatic carbocycles. The zero-order valence-corrected chi connectivity index (χ0v) is 20.1. The lowest BCUT2D eigenvalue weighted by Gasteiger charge is -2.11. The Morgan fingerprint density at radius 3 is 2.16 bits per heavy atom. The maximum atomic E-state index is 8.62. The number of nitrogens with two attached hydrogens (primary N) is 1. The predicted molar refractivity (Wildman–Crippen MR) is 127 cm³/mol. The second-order valence-corrected chi connectivity index (χ2v) is 7.69. The Morgan fingerprint density at radius 1 is 1.06 bits per heavy atom. The Hall–Kier alpha value is -2.46. The van der Waals surface area contributed by atoms with E-state index in [0.717, 1.165) is 30.2 Å². The molecule has 0 aliphatic rings. The van der Waals surface area contributed by atoms with Crippen LogP contribution in [0.3, 0.4) is 0 Å². The maximum Gasteiger partial charge on any atom is 0.204 e. The number of primary amides is 1. The quantitative estimate of drug-likeness (QED) is 0.547. The molecule has 2 aromatic carbocycles. The molecule has 1 atom stereocenters. The molecule has 31 heavy (non-hydrogen) atoms. The van der Waals surface area contributed by atoms with Gasteiger partial charge in [-0.2, -0.15) is 5.26 Å². The molecule has 0 radical (unpaired) electrons. The lowest BCUT2D eigenvalue weighted by molar-refractivity contribution is -0.106. The lowest BCUT2D eigenvalue weighted by atomic mass is 10.0. The Balaban J connectivity index is 0.000000531. The molecule has 0 bridgehead atoms. The highest BCUT2D eigenvalue weighted by Crippen LogP contribution is 2.27. The summed E-state index contributed by atoms with van der Waals surface area (Å²) >= 11 is 11.5. The number of hydrogen-bond donors (Lipinski definition) is 2. The van der Waals surface area contributed by atoms with Gasteiger partial charge in [0, 0.05) is 6.54 Å². The smallest absolute Gasteiger partial charge is 0.204 e. The highest BCUT2D eigenvalue weighted by atomic mass is 35.5. The van der Waals surface area contributed by atoms with Crippen molar-refractivity contribution in [3.63, 3.8) is 0 Å². The van der Waals surface area contributed by atoms with E-state index in [1.54, 1.807) is 26.4 Å². The zero-order valence-electron chi connectivity index (χ0n) is 18.6. The van der Waals surface area contributed by atoms with Crippen LogP contribution >= 0.6 is 23.2 Å². The van der Waals surface area contributed by atoms with Gasteiger partial charge >= 0.3 is 0 Å². The van der Waals surface area contributed by atoms with Gasteiger partial charge in [-0.1, -0.05) is 49.2 Å². The fraction of sp³-hybridized carbons (Fsp3) is 0.391. The highest BCUT2D eigenvalue weighted by molar-refractivity contribution is 6.42. The number of nitrogens with zero attached hydrogens (tertiary/aromatic N) is 1. The monoisotopic (exact) mass is 467 g/mol. The lowest BCUT2D eigenvalue weighted by Crippen LogP contribution is -2.18. The summed E-state index contributed by atoms with van der Waals surface area (Å²) in [5.74, 6) is 2.08. The molecule has 1 amide bonds. The third-order valence-corrected chi connectivity index (χ3v) is 4.71. The van der Waals surface area contributed by atoms with Crippen molar-refractivity contribution in [3.05, 3.63) is 57.6 Å². The van der Waals surface area contributed by atoms with Gasteiger partial charge in [0.25, 0.3) is 0 Å². The predicted octanol–water partition coefficient (Wildman–Crippen LogP) is 5.17. The first-order valence-corrected chi connectivity index (χ1v) is 10.4. The minimum Gasteiger partial charge on any atom is -0.493 e. The van der Waals surface area contributed by atoms with Crippen molar-refractivity contribution in [2.24, 2.45) is 11.7 Å². The van der Waals surface area contributed by atoms with Crippen LogP contribution in [-0.4, -0.2) is 27.2 Å². The second-order valence-electron chi connectivity index (χ2n) is 6.87. The van der Waals surface area contributed by atoms with Gasteiger partial charge in [0.05, 0.1) is 36.3 Å². The summed E-state index contributed by atoms with van der Waals surface area (Å²) in [5, 5.41) is 13.0. The molecule has 8 heteroatoms. The first kappa shape index (κ1) is 28.5. The van der Waals surface area contributed by atoms with E-state index >= 15 is 0 Å². The van der Waals surface area contributed by atoms with Gasteiger partial charge in [-0.05, 0) is 54.8 Å². The highest BCUT2D eigenvalue weighted by Gasteiger charge is 2.06. The number of carbonyl (C=O) groups excluding carboxylic acids is 1. The molecule has 0 fully saturated rings. The third-order valence-electron chi connectivity index (χ3n) is 3.97. The van der Waals surface area contributed by atoms with Gasteiger partial charge in [-0.15, -0.1) is 0 Å². The van der Waals surface area contributed by atoms with Crippen molar-refractivity contribution in [1.82, 2.24) is 5.32 Å². The van der Waals surface area contributed by atoms with Crippen LogP contribution in [0.25, 0.3) is 0 Å². The van der Waals surface area contributed by atoms with E-state index in [4.69, 9.17) is 42.7 Å². The number of rotatable bonds is 7. The van der Waals surface area contributed by atoms with Crippen molar-refractivity contribution >= 4 is 29.6 Å². The van der Waals surface area contributed by atoms with Crippen LogP contribution in [0.4, 0.5) is 0 Å². The van der Waals surface area contributed by atoms with Crippen LogP contribution in [0, 0.1) is 17.2 Å². The van der Waals surface area contributed by atoms with Crippen molar-refractivity contribution in [2.75, 3.05) is 20.8 Å². The minimum absolute atomic E-state index is 0.139. The van der Waals surface area contributed by atoms with E-state index in [0.29, 0.717) is 16.0 Å². The number of hydrogen-bond acceptors (Lipinski definition) is 5. The normalized spacial score (nSPS) is 10.5. The number of nitrogens with one attached hydrogen (secondary N) is 1. The molecule has 1 unspecified atom stereocenters. The number of ether oxygens (including phenoxy) is 2. The van der Waals surface area contributed by atoms with Crippen LogP contribution in [0.5, 0.6) is 11.5 Å². The van der Waals surface area contributed by atoms with Crippen molar-refractivity contribution in [1.29, 1.82) is 5.26 Å². The van der Waals surface area contributed by atoms with E-state index in [-0.39, 0.29) is 12.3 Å². The van der Waals surface area contributed by atoms with Crippen LogP contribution < -0.4 is 20.5 Å². The molecule has 0 aliphatic heterocycles. The molecule has 2 aromatic rings. The van der Waals surface area contributed by atoms with Crippen molar-refractivity contribution in [2.45, 2.75) is 33.2 Å². The van der Waals surface area contributed by atoms with Crippen molar-refractivity contribution < 1.29 is 14.3 Å². The number of nitriles is 1. The number of benzene rings is 2. The van der Waals surface area contributed by atoms with Crippen LogP contribution in [0.1, 0.15) is 37.8 Å². The molecule has 2 rings (SSSR count). The average Bonchev–Trinajstić information content (AvgIpc) is 2.75. The molecule has 0 aromatic heterocycles. The van der Waals surface area contributed by atoms with Crippen LogP contribution in [0.2, 0.25) is 10.0 Å². The molecule has 0 saturated heterocycles. The largest absolute Gasteiger partial charge is 0.493 e. The summed E-state index contributed by atoms with van der Waals surface area (Å²) in [6.07, 6.45) is 0.250. The molecule has 170 valence electrons. The Morgan fingerprint density at radius 2 is 1.68 bits per heavy atom. The Bertz CT molecular complexity index is 839. The van der Waals surface area contributed by atoms with Crippen LogP contribution in [-0.2, 0) is 11.3 Å². The minimum atomic E-state index is -0.139. The third kappa shape index (κ3) is 11.5. The topological polar surface area (TPSA) is 97.4 Å². The molecular weight excluding hydrogens is 437 g/mol. The number of amides is 1. The fourth-order valence-electron chi connectivity index (χ4n) is 2.35. The summed E-state index contributed by atoms with van der Waals surface area (Å²) in [4.78, 5) is 8.58. The molecular formula is C23H31Cl2N3O3. The van der Waals surface area contributed by atoms with E-state index in [1.165, 1.54) is 5.56 Å². The molecule has 0 spiro atoms. The summed E-state index contributed by atoms with van der Waals surface area (Å²) in [6, 6.07) is 13.3. The Labute approximate surface area is 195 Å². The first-order valence-electron chi connectivity index (χ1n) is 9.65. The van der Waals surface area contributed by atoms with Gasteiger partial charge in [0.2, 0.25) is 6.41 Å². The summed E-state index contributed by atoms with van der Waals surface area (Å²) < 4.78 is 10.4. The van der Waals surface area contributed by atoms with E-state index in [1.807, 2.05) is 25.1 Å². The van der Waals surface area contributed by atoms with Gasteiger partial charge in [-0.3, -0.25) is 4.79 Å². The average molecular weight is 468 g/mol. The SMILES string of the molecule is CC(C#N)c1ccc(Cl)c(Cl)c1.COc1ccc(CNCC(C)C)cc1OC.NC=O. The molecule has 6 nitrogen and oxygen atoms in total. The zero-order chi connectivity index (χ0) is 23.8. The summed E-state index contributed by atoms with van der Waals surface area (Å²) in [7, 11) is 3.30. The van der Waals surface area contributed by atoms with Gasteiger partial charge in [0.15, 0.2) is 11.5 Å². The fourth-order valence-corrected chi connectivity index (χ4v) is 2.66. The first-order chi connectivity index (χ1) is 14.7. The van der Waals surface area contributed by atoms with Crippen LogP contribution in [0.15, 0.2) is 36.4 Å². The Kier molecular flexibility index (Phi) is 15.0. The van der Waals surface area contributed by atoms with E-state index < -0.39 is 0 Å². The van der Waals surface area contributed by atoms with Gasteiger partial charge < -0.3 is 20.5 Å². The molecule has 0 saturated carbocycles. The van der Waals surface area contributed by atoms with Gasteiger partial charge in [-0.25, -0.2) is 0 Å². The van der Waals surface area contributed by atoms with Gasteiger partial charge in [0.1, 0.15) is 0 Å². The number of halogens is 2. The standard InChI is InChI=1S/C13H21NO2.C9H7Cl2N.CH3NO/c1-10(2)8-14-9-11-5-6-12(15-3)13(7-11)16-4;1-6(5-12)7-2-3-8(10)9(11)4-7;2-1-3/h5-7,10,14H,8-9H2,1-4H3;2-4,6H,1H3;1H,(H2,2,3). The summed E-state index contributed by atoms with van der Waals surface area (Å²) in [5.41, 5.74) is 6.27. The number of carbonyl (C=O) groups is 1. The maximum absolute atomic E-state index is 8.62. The molecule has 0 heterocycles. The number of methoxy groups -OCH3 is 2. The second kappa shape index (κ2) is 16.3. The van der Waals surface area contributed by atoms with E-state index in [9.17, 15) is 0 Å².